The van der Waals surface area contributed by atoms with Crippen molar-refractivity contribution in [2.75, 3.05) is 5.32 Å². The van der Waals surface area contributed by atoms with Crippen molar-refractivity contribution in [2.24, 2.45) is 5.92 Å². The Kier molecular flexibility index (Phi) is 5.54. The van der Waals surface area contributed by atoms with Gasteiger partial charge in [0.25, 0.3) is 5.56 Å². The standard InChI is InChI=1S/C13H21N3O3/c1-4-6-16-7-5-14-12(13(16)19)15-10(9(2)3)8-11(17)18/h5,7,9-10H,4,6,8H2,1-3H3,(H,14,15)(H,17,18). The van der Waals surface area contributed by atoms with Crippen LogP contribution >= 0.6 is 0 Å². The van der Waals surface area contributed by atoms with Gasteiger partial charge in [-0.1, -0.05) is 20.8 Å². The van der Waals surface area contributed by atoms with Gasteiger partial charge in [0.05, 0.1) is 6.42 Å². The normalized spacial score (nSPS) is 12.4. The highest BCUT2D eigenvalue weighted by Gasteiger charge is 2.19. The van der Waals surface area contributed by atoms with Crippen molar-refractivity contribution in [1.29, 1.82) is 0 Å². The highest BCUT2D eigenvalue weighted by Crippen LogP contribution is 2.11. The average molecular weight is 267 g/mol. The predicted octanol–water partition coefficient (Wildman–Crippen LogP) is 1.56. The van der Waals surface area contributed by atoms with E-state index in [1.165, 1.54) is 0 Å². The molecule has 19 heavy (non-hydrogen) atoms. The monoisotopic (exact) mass is 267 g/mol. The predicted molar refractivity (Wildman–Crippen MR) is 73.3 cm³/mol. The van der Waals surface area contributed by atoms with Crippen molar-refractivity contribution in [3.8, 4) is 0 Å². The number of rotatable bonds is 7. The maximum atomic E-state index is 12.1. The second-order valence-corrected chi connectivity index (χ2v) is 4.87. The maximum Gasteiger partial charge on any atom is 0.305 e. The second kappa shape index (κ2) is 6.92. The number of hydrogen-bond acceptors (Lipinski definition) is 4. The Morgan fingerprint density at radius 2 is 2.21 bits per heavy atom. The Labute approximate surface area is 112 Å². The highest BCUT2D eigenvalue weighted by molar-refractivity contribution is 5.68. The van der Waals surface area contributed by atoms with Gasteiger partial charge < -0.3 is 15.0 Å². The summed E-state index contributed by atoms with van der Waals surface area (Å²) in [6.45, 7) is 6.44. The summed E-state index contributed by atoms with van der Waals surface area (Å²) in [6, 6.07) is -0.310. The molecule has 6 nitrogen and oxygen atoms in total. The number of carboxylic acid groups (broad SMARTS) is 1. The number of aryl methyl sites for hydroxylation is 1. The molecular weight excluding hydrogens is 246 g/mol. The number of carbonyl (C=O) groups is 1. The van der Waals surface area contributed by atoms with Crippen LogP contribution in [-0.2, 0) is 11.3 Å². The van der Waals surface area contributed by atoms with Gasteiger partial charge in [-0.2, -0.15) is 0 Å². The number of nitrogens with one attached hydrogen (secondary N) is 1. The largest absolute Gasteiger partial charge is 0.481 e. The smallest absolute Gasteiger partial charge is 0.305 e. The van der Waals surface area contributed by atoms with E-state index >= 15 is 0 Å². The molecule has 0 saturated carbocycles. The molecule has 1 unspecified atom stereocenters. The SMILES string of the molecule is CCCn1ccnc(NC(CC(=O)O)C(C)C)c1=O. The molecule has 0 bridgehead atoms. The number of anilines is 1. The molecule has 1 aromatic rings. The van der Waals surface area contributed by atoms with Crippen LogP contribution in [0.1, 0.15) is 33.6 Å². The lowest BCUT2D eigenvalue weighted by Crippen LogP contribution is -2.33. The van der Waals surface area contributed by atoms with E-state index in [-0.39, 0.29) is 29.8 Å². The average Bonchev–Trinajstić information content (AvgIpc) is 2.32. The van der Waals surface area contributed by atoms with Gasteiger partial charge in [-0.15, -0.1) is 0 Å². The fraction of sp³-hybridized carbons (Fsp3) is 0.615. The van der Waals surface area contributed by atoms with E-state index in [0.717, 1.165) is 6.42 Å². The summed E-state index contributed by atoms with van der Waals surface area (Å²) in [5.74, 6) is -0.580. The van der Waals surface area contributed by atoms with Gasteiger partial charge in [0, 0.05) is 25.0 Å². The number of aliphatic carboxylic acids is 1. The van der Waals surface area contributed by atoms with Gasteiger partial charge in [0.1, 0.15) is 0 Å². The van der Waals surface area contributed by atoms with Crippen LogP contribution in [0, 0.1) is 5.92 Å². The third-order valence-electron chi connectivity index (χ3n) is 2.90. The molecular formula is C13H21N3O3. The van der Waals surface area contributed by atoms with E-state index in [1.54, 1.807) is 17.0 Å². The van der Waals surface area contributed by atoms with Gasteiger partial charge in [-0.3, -0.25) is 9.59 Å². The van der Waals surface area contributed by atoms with E-state index in [1.807, 2.05) is 20.8 Å². The molecule has 2 N–H and O–H groups in total. The molecule has 0 saturated heterocycles. The van der Waals surface area contributed by atoms with Gasteiger partial charge >= 0.3 is 5.97 Å². The molecule has 0 aromatic carbocycles. The molecule has 1 heterocycles. The fourth-order valence-electron chi connectivity index (χ4n) is 1.78. The van der Waals surface area contributed by atoms with Crippen molar-refractivity contribution in [2.45, 2.75) is 46.2 Å². The summed E-state index contributed by atoms with van der Waals surface area (Å²) in [6.07, 6.45) is 4.00. The molecule has 1 aromatic heterocycles. The van der Waals surface area contributed by atoms with Crippen LogP contribution in [0.2, 0.25) is 0 Å². The first-order valence-electron chi connectivity index (χ1n) is 6.49. The molecule has 6 heteroatoms. The van der Waals surface area contributed by atoms with E-state index < -0.39 is 5.97 Å². The van der Waals surface area contributed by atoms with Gasteiger partial charge in [0.2, 0.25) is 0 Å². The minimum Gasteiger partial charge on any atom is -0.481 e. The van der Waals surface area contributed by atoms with E-state index in [2.05, 4.69) is 10.3 Å². The summed E-state index contributed by atoms with van der Waals surface area (Å²) >= 11 is 0. The Morgan fingerprint density at radius 1 is 1.53 bits per heavy atom. The lowest BCUT2D eigenvalue weighted by Gasteiger charge is -2.21. The lowest BCUT2D eigenvalue weighted by molar-refractivity contribution is -0.137. The summed E-state index contributed by atoms with van der Waals surface area (Å²) in [5, 5.41) is 11.8. The zero-order chi connectivity index (χ0) is 14.4. The zero-order valence-corrected chi connectivity index (χ0v) is 11.6. The summed E-state index contributed by atoms with van der Waals surface area (Å²) in [7, 11) is 0. The summed E-state index contributed by atoms with van der Waals surface area (Å²) < 4.78 is 1.58. The first kappa shape index (κ1) is 15.2. The van der Waals surface area contributed by atoms with Crippen LogP contribution in [0.3, 0.4) is 0 Å². The Bertz CT molecular complexity index is 482. The van der Waals surface area contributed by atoms with Crippen molar-refractivity contribution in [3.63, 3.8) is 0 Å². The molecule has 106 valence electrons. The molecule has 1 atom stereocenters. The first-order chi connectivity index (χ1) is 8.95. The van der Waals surface area contributed by atoms with Gasteiger partial charge in [-0.05, 0) is 12.3 Å². The van der Waals surface area contributed by atoms with Crippen molar-refractivity contribution >= 4 is 11.8 Å². The van der Waals surface area contributed by atoms with Crippen molar-refractivity contribution < 1.29 is 9.90 Å². The molecule has 0 aliphatic rings. The Morgan fingerprint density at radius 3 is 2.74 bits per heavy atom. The third kappa shape index (κ3) is 4.39. The fourth-order valence-corrected chi connectivity index (χ4v) is 1.78. The molecule has 0 radical (unpaired) electrons. The zero-order valence-electron chi connectivity index (χ0n) is 11.6. The molecule has 0 fully saturated rings. The summed E-state index contributed by atoms with van der Waals surface area (Å²) in [5.41, 5.74) is -0.208. The van der Waals surface area contributed by atoms with Gasteiger partial charge in [0.15, 0.2) is 5.82 Å². The molecule has 0 aliphatic carbocycles. The van der Waals surface area contributed by atoms with Crippen LogP contribution in [-0.4, -0.2) is 26.7 Å². The van der Waals surface area contributed by atoms with E-state index in [0.29, 0.717) is 6.54 Å². The van der Waals surface area contributed by atoms with Gasteiger partial charge in [-0.25, -0.2) is 4.98 Å². The topological polar surface area (TPSA) is 84.2 Å². The van der Waals surface area contributed by atoms with Crippen LogP contribution in [0.25, 0.3) is 0 Å². The van der Waals surface area contributed by atoms with Crippen LogP contribution < -0.4 is 10.9 Å². The van der Waals surface area contributed by atoms with Crippen LogP contribution in [0.4, 0.5) is 5.82 Å². The first-order valence-corrected chi connectivity index (χ1v) is 6.49. The Hall–Kier alpha value is -1.85. The quantitative estimate of drug-likeness (QED) is 0.783. The number of carboxylic acids is 1. The van der Waals surface area contributed by atoms with E-state index in [9.17, 15) is 9.59 Å². The lowest BCUT2D eigenvalue weighted by atomic mass is 10.0. The van der Waals surface area contributed by atoms with E-state index in [4.69, 9.17) is 5.11 Å². The maximum absolute atomic E-state index is 12.1. The number of nitrogens with zero attached hydrogens (tertiary/aromatic N) is 2. The minimum absolute atomic E-state index is 0.0402. The number of hydrogen-bond donors (Lipinski definition) is 2. The minimum atomic E-state index is -0.893. The van der Waals surface area contributed by atoms with Crippen molar-refractivity contribution in [1.82, 2.24) is 9.55 Å². The second-order valence-electron chi connectivity index (χ2n) is 4.87. The van der Waals surface area contributed by atoms with Crippen LogP contribution in [0.15, 0.2) is 17.2 Å². The summed E-state index contributed by atoms with van der Waals surface area (Å²) in [4.78, 5) is 26.9. The van der Waals surface area contributed by atoms with Crippen molar-refractivity contribution in [3.05, 3.63) is 22.7 Å². The third-order valence-corrected chi connectivity index (χ3v) is 2.90. The molecule has 0 spiro atoms. The number of aromatic nitrogens is 2. The highest BCUT2D eigenvalue weighted by atomic mass is 16.4. The molecule has 1 rings (SSSR count). The molecule has 0 amide bonds. The Balaban J connectivity index is 2.93. The van der Waals surface area contributed by atoms with Crippen LogP contribution in [0.5, 0.6) is 0 Å². The molecule has 0 aliphatic heterocycles.